The number of pyridine rings is 1. The van der Waals surface area contributed by atoms with Crippen LogP contribution in [-0.4, -0.2) is 32.7 Å². The van der Waals surface area contributed by atoms with E-state index >= 15 is 0 Å². The number of benzene rings is 1. The minimum atomic E-state index is -0.343. The summed E-state index contributed by atoms with van der Waals surface area (Å²) < 4.78 is 5.78. The van der Waals surface area contributed by atoms with Gasteiger partial charge in [-0.3, -0.25) is 14.6 Å². The average Bonchev–Trinajstić information content (AvgIpc) is 3.61. The number of aromatic nitrogens is 4. The lowest BCUT2D eigenvalue weighted by Gasteiger charge is -2.07. The van der Waals surface area contributed by atoms with E-state index < -0.39 is 0 Å². The number of aryl methyl sites for hydroxylation is 1. The zero-order chi connectivity index (χ0) is 20.8. The van der Waals surface area contributed by atoms with Crippen LogP contribution in [0.3, 0.4) is 0 Å². The van der Waals surface area contributed by atoms with Crippen LogP contribution in [0, 0.1) is 5.92 Å². The van der Waals surface area contributed by atoms with Crippen LogP contribution in [0.4, 0.5) is 0 Å². The predicted molar refractivity (Wildman–Crippen MR) is 111 cm³/mol. The first-order chi connectivity index (χ1) is 14.7. The SMILES string of the molecule is O=C(CCc1nnc(-c2cccc(OCC3CC3)c2)[nH]c1=O)NCc1cccnc1. The molecule has 1 aromatic carbocycles. The zero-order valence-electron chi connectivity index (χ0n) is 16.5. The Morgan fingerprint density at radius 2 is 2.10 bits per heavy atom. The third kappa shape index (κ3) is 5.50. The van der Waals surface area contributed by atoms with E-state index in [4.69, 9.17) is 4.74 Å². The van der Waals surface area contributed by atoms with Crippen LogP contribution >= 0.6 is 0 Å². The number of amides is 1. The van der Waals surface area contributed by atoms with E-state index in [0.717, 1.165) is 16.9 Å². The molecule has 1 fully saturated rings. The molecule has 0 atom stereocenters. The van der Waals surface area contributed by atoms with Crippen molar-refractivity contribution in [3.05, 3.63) is 70.4 Å². The van der Waals surface area contributed by atoms with Crippen molar-refractivity contribution in [2.24, 2.45) is 5.92 Å². The molecule has 0 saturated heterocycles. The van der Waals surface area contributed by atoms with E-state index in [-0.39, 0.29) is 30.0 Å². The first kappa shape index (κ1) is 19.8. The molecule has 2 heterocycles. The van der Waals surface area contributed by atoms with Crippen molar-refractivity contribution >= 4 is 5.91 Å². The molecule has 1 saturated carbocycles. The lowest BCUT2D eigenvalue weighted by atomic mass is 10.2. The minimum Gasteiger partial charge on any atom is -0.493 e. The van der Waals surface area contributed by atoms with Gasteiger partial charge in [0.15, 0.2) is 5.82 Å². The molecule has 3 aromatic rings. The summed E-state index contributed by atoms with van der Waals surface area (Å²) in [6.07, 6.45) is 6.19. The molecule has 0 radical (unpaired) electrons. The number of rotatable bonds is 9. The van der Waals surface area contributed by atoms with Gasteiger partial charge in [0.2, 0.25) is 5.91 Å². The Labute approximate surface area is 173 Å². The fraction of sp³-hybridized carbons (Fsp3) is 0.318. The van der Waals surface area contributed by atoms with Crippen molar-refractivity contribution in [3.8, 4) is 17.1 Å². The van der Waals surface area contributed by atoms with Crippen LogP contribution in [-0.2, 0) is 17.8 Å². The molecule has 1 aliphatic carbocycles. The van der Waals surface area contributed by atoms with Crippen LogP contribution < -0.4 is 15.6 Å². The maximum atomic E-state index is 12.4. The van der Waals surface area contributed by atoms with E-state index in [1.165, 1.54) is 12.8 Å². The van der Waals surface area contributed by atoms with Gasteiger partial charge in [-0.05, 0) is 42.5 Å². The predicted octanol–water partition coefficient (Wildman–Crippen LogP) is 2.26. The highest BCUT2D eigenvalue weighted by molar-refractivity contribution is 5.76. The highest BCUT2D eigenvalue weighted by atomic mass is 16.5. The van der Waals surface area contributed by atoms with Gasteiger partial charge in [0.05, 0.1) is 6.61 Å². The van der Waals surface area contributed by atoms with Gasteiger partial charge in [0.1, 0.15) is 11.4 Å². The summed E-state index contributed by atoms with van der Waals surface area (Å²) >= 11 is 0. The molecule has 0 bridgehead atoms. The standard InChI is InChI=1S/C22H23N5O3/c28-20(24-13-16-3-2-10-23-12-16)9-8-19-22(29)25-21(27-26-19)17-4-1-5-18(11-17)30-14-15-6-7-15/h1-5,10-12,15H,6-9,13-14H2,(H,24,28)(H,25,27,29). The largest absolute Gasteiger partial charge is 0.493 e. The van der Waals surface area contributed by atoms with E-state index in [2.05, 4.69) is 25.5 Å². The Kier molecular flexibility index (Phi) is 6.12. The van der Waals surface area contributed by atoms with Crippen LogP contribution in [0.25, 0.3) is 11.4 Å². The zero-order valence-corrected chi connectivity index (χ0v) is 16.5. The molecule has 154 valence electrons. The van der Waals surface area contributed by atoms with Crippen LogP contribution in [0.2, 0.25) is 0 Å². The van der Waals surface area contributed by atoms with Gasteiger partial charge in [-0.25, -0.2) is 0 Å². The number of hydrogen-bond acceptors (Lipinski definition) is 6. The number of nitrogens with one attached hydrogen (secondary N) is 2. The number of hydrogen-bond donors (Lipinski definition) is 2. The number of carbonyl (C=O) groups excluding carboxylic acids is 1. The molecule has 2 aromatic heterocycles. The summed E-state index contributed by atoms with van der Waals surface area (Å²) in [6.45, 7) is 1.11. The normalized spacial score (nSPS) is 13.1. The summed E-state index contributed by atoms with van der Waals surface area (Å²) in [5.41, 5.74) is 1.53. The smallest absolute Gasteiger partial charge is 0.273 e. The third-order valence-electron chi connectivity index (χ3n) is 4.86. The Balaban J connectivity index is 1.33. The quantitative estimate of drug-likeness (QED) is 0.565. The van der Waals surface area contributed by atoms with Crippen molar-refractivity contribution < 1.29 is 9.53 Å². The summed E-state index contributed by atoms with van der Waals surface area (Å²) in [4.78, 5) is 31.2. The molecule has 30 heavy (non-hydrogen) atoms. The monoisotopic (exact) mass is 405 g/mol. The van der Waals surface area contributed by atoms with E-state index in [0.29, 0.717) is 24.9 Å². The van der Waals surface area contributed by atoms with Crippen molar-refractivity contribution in [1.82, 2.24) is 25.5 Å². The lowest BCUT2D eigenvalue weighted by molar-refractivity contribution is -0.121. The number of nitrogens with zero attached hydrogens (tertiary/aromatic N) is 3. The fourth-order valence-corrected chi connectivity index (χ4v) is 2.91. The molecule has 1 amide bonds. The molecule has 4 rings (SSSR count). The Hall–Kier alpha value is -3.55. The van der Waals surface area contributed by atoms with Gasteiger partial charge < -0.3 is 15.0 Å². The van der Waals surface area contributed by atoms with Gasteiger partial charge in [-0.2, -0.15) is 0 Å². The van der Waals surface area contributed by atoms with E-state index in [1.807, 2.05) is 36.4 Å². The maximum Gasteiger partial charge on any atom is 0.273 e. The van der Waals surface area contributed by atoms with Crippen molar-refractivity contribution in [2.45, 2.75) is 32.2 Å². The number of carbonyl (C=O) groups is 1. The van der Waals surface area contributed by atoms with Crippen LogP contribution in [0.15, 0.2) is 53.6 Å². The number of ether oxygens (including phenoxy) is 1. The third-order valence-corrected chi connectivity index (χ3v) is 4.86. The average molecular weight is 405 g/mol. The first-order valence-electron chi connectivity index (χ1n) is 10.0. The summed E-state index contributed by atoms with van der Waals surface area (Å²) in [7, 11) is 0. The molecule has 8 heteroatoms. The molecule has 0 unspecified atom stereocenters. The number of aromatic amines is 1. The van der Waals surface area contributed by atoms with Crippen molar-refractivity contribution in [1.29, 1.82) is 0 Å². The second-order valence-electron chi connectivity index (χ2n) is 7.37. The van der Waals surface area contributed by atoms with Gasteiger partial charge in [0, 0.05) is 37.3 Å². The highest BCUT2D eigenvalue weighted by Gasteiger charge is 2.22. The van der Waals surface area contributed by atoms with Crippen LogP contribution in [0.5, 0.6) is 5.75 Å². The second kappa shape index (κ2) is 9.30. The molecule has 1 aliphatic rings. The van der Waals surface area contributed by atoms with Gasteiger partial charge >= 0.3 is 0 Å². The second-order valence-corrected chi connectivity index (χ2v) is 7.37. The molecule has 2 N–H and O–H groups in total. The van der Waals surface area contributed by atoms with E-state index in [9.17, 15) is 9.59 Å². The Morgan fingerprint density at radius 1 is 1.20 bits per heavy atom. The van der Waals surface area contributed by atoms with Crippen molar-refractivity contribution in [3.63, 3.8) is 0 Å². The summed E-state index contributed by atoms with van der Waals surface area (Å²) in [5, 5.41) is 11.0. The summed E-state index contributed by atoms with van der Waals surface area (Å²) in [5.74, 6) is 1.62. The molecule has 0 spiro atoms. The Bertz CT molecular complexity index is 1060. The highest BCUT2D eigenvalue weighted by Crippen LogP contribution is 2.30. The fourth-order valence-electron chi connectivity index (χ4n) is 2.91. The molecular formula is C22H23N5O3. The topological polar surface area (TPSA) is 110 Å². The van der Waals surface area contributed by atoms with Gasteiger partial charge in [-0.1, -0.05) is 18.2 Å². The lowest BCUT2D eigenvalue weighted by Crippen LogP contribution is -2.25. The van der Waals surface area contributed by atoms with Gasteiger partial charge in [0.25, 0.3) is 5.56 Å². The minimum absolute atomic E-state index is 0.155. The Morgan fingerprint density at radius 3 is 2.87 bits per heavy atom. The number of H-pyrrole nitrogens is 1. The molecular weight excluding hydrogens is 382 g/mol. The molecule has 8 nitrogen and oxygen atoms in total. The first-order valence-corrected chi connectivity index (χ1v) is 10.0. The maximum absolute atomic E-state index is 12.4. The molecule has 0 aliphatic heterocycles. The summed E-state index contributed by atoms with van der Waals surface area (Å²) in [6, 6.07) is 11.1. The van der Waals surface area contributed by atoms with Crippen LogP contribution in [0.1, 0.15) is 30.5 Å². The van der Waals surface area contributed by atoms with Crippen molar-refractivity contribution in [2.75, 3.05) is 6.61 Å². The van der Waals surface area contributed by atoms with E-state index in [1.54, 1.807) is 12.4 Å². The van der Waals surface area contributed by atoms with Gasteiger partial charge in [-0.15, -0.1) is 10.2 Å².